The lowest BCUT2D eigenvalue weighted by atomic mass is 10.3. The van der Waals surface area contributed by atoms with E-state index in [2.05, 4.69) is 31.9 Å². The van der Waals surface area contributed by atoms with Crippen LogP contribution in [0.5, 0.6) is 11.5 Å². The van der Waals surface area contributed by atoms with E-state index in [9.17, 15) is 4.79 Å². The highest BCUT2D eigenvalue weighted by Crippen LogP contribution is 2.37. The highest BCUT2D eigenvalue weighted by atomic mass is 79.9. The van der Waals surface area contributed by atoms with E-state index in [1.807, 2.05) is 12.1 Å². The lowest BCUT2D eigenvalue weighted by molar-refractivity contribution is -0.117. The Morgan fingerprint density at radius 2 is 1.88 bits per heavy atom. The zero-order valence-corrected chi connectivity index (χ0v) is 12.5. The van der Waals surface area contributed by atoms with E-state index in [0.717, 1.165) is 26.9 Å². The maximum atomic E-state index is 11.2. The predicted octanol–water partition coefficient (Wildman–Crippen LogP) is 3.72. The fourth-order valence-electron chi connectivity index (χ4n) is 1.82. The zero-order valence-electron chi connectivity index (χ0n) is 9.33. The molecule has 1 aromatic carbocycles. The third-order valence-electron chi connectivity index (χ3n) is 2.70. The first-order valence-electron chi connectivity index (χ1n) is 5.31. The molecule has 17 heavy (non-hydrogen) atoms. The SMILES string of the molecule is COc1cc(Br)c(OC2CCC(=O)C2)cc1Br. The van der Waals surface area contributed by atoms with E-state index < -0.39 is 0 Å². The Labute approximate surface area is 117 Å². The van der Waals surface area contributed by atoms with E-state index in [1.165, 1.54) is 0 Å². The minimum Gasteiger partial charge on any atom is -0.496 e. The van der Waals surface area contributed by atoms with Gasteiger partial charge in [-0.05, 0) is 50.4 Å². The van der Waals surface area contributed by atoms with Gasteiger partial charge in [0.05, 0.1) is 16.1 Å². The lowest BCUT2D eigenvalue weighted by Gasteiger charge is -2.15. The Morgan fingerprint density at radius 1 is 1.24 bits per heavy atom. The second-order valence-corrected chi connectivity index (χ2v) is 5.65. The average Bonchev–Trinajstić information content (AvgIpc) is 2.69. The quantitative estimate of drug-likeness (QED) is 0.820. The molecule has 1 aromatic rings. The van der Waals surface area contributed by atoms with Crippen LogP contribution in [0.25, 0.3) is 0 Å². The number of carbonyl (C=O) groups is 1. The van der Waals surface area contributed by atoms with Gasteiger partial charge >= 0.3 is 0 Å². The van der Waals surface area contributed by atoms with Crippen LogP contribution in [-0.4, -0.2) is 19.0 Å². The fraction of sp³-hybridized carbons (Fsp3) is 0.417. The maximum absolute atomic E-state index is 11.2. The first-order chi connectivity index (χ1) is 8.10. The van der Waals surface area contributed by atoms with Gasteiger partial charge in [0.25, 0.3) is 0 Å². The van der Waals surface area contributed by atoms with Gasteiger partial charge < -0.3 is 9.47 Å². The molecule has 3 nitrogen and oxygen atoms in total. The Balaban J connectivity index is 2.16. The summed E-state index contributed by atoms with van der Waals surface area (Å²) in [6.07, 6.45) is 1.93. The molecule has 0 heterocycles. The molecular formula is C12H12Br2O3. The summed E-state index contributed by atoms with van der Waals surface area (Å²) in [5.41, 5.74) is 0. The van der Waals surface area contributed by atoms with Crippen molar-refractivity contribution in [2.75, 3.05) is 7.11 Å². The van der Waals surface area contributed by atoms with Gasteiger partial charge in [0.15, 0.2) is 0 Å². The molecule has 1 saturated carbocycles. The molecule has 0 saturated heterocycles. The normalized spacial score (nSPS) is 19.5. The molecule has 0 bridgehead atoms. The summed E-state index contributed by atoms with van der Waals surface area (Å²) in [6.45, 7) is 0. The van der Waals surface area contributed by atoms with Crippen LogP contribution >= 0.6 is 31.9 Å². The number of hydrogen-bond donors (Lipinski definition) is 0. The van der Waals surface area contributed by atoms with Crippen LogP contribution in [0.3, 0.4) is 0 Å². The van der Waals surface area contributed by atoms with Crippen LogP contribution in [0.15, 0.2) is 21.1 Å². The van der Waals surface area contributed by atoms with Crippen molar-refractivity contribution >= 4 is 37.6 Å². The third-order valence-corrected chi connectivity index (χ3v) is 3.94. The minimum absolute atomic E-state index is 0.000838. The fourth-order valence-corrected chi connectivity index (χ4v) is 2.72. The summed E-state index contributed by atoms with van der Waals surface area (Å²) in [5.74, 6) is 1.75. The highest BCUT2D eigenvalue weighted by Gasteiger charge is 2.24. The van der Waals surface area contributed by atoms with Crippen LogP contribution in [0.4, 0.5) is 0 Å². The van der Waals surface area contributed by atoms with Crippen molar-refractivity contribution in [3.05, 3.63) is 21.1 Å². The largest absolute Gasteiger partial charge is 0.496 e. The summed E-state index contributed by atoms with van der Waals surface area (Å²) < 4.78 is 12.7. The van der Waals surface area contributed by atoms with Gasteiger partial charge in [-0.3, -0.25) is 4.79 Å². The lowest BCUT2D eigenvalue weighted by Crippen LogP contribution is -2.12. The standard InChI is InChI=1S/C12H12Br2O3/c1-16-11-5-10(14)12(6-9(11)13)17-8-3-2-7(15)4-8/h5-6,8H,2-4H2,1H3. The number of benzene rings is 1. The Kier molecular flexibility index (Phi) is 4.09. The minimum atomic E-state index is -0.000838. The smallest absolute Gasteiger partial charge is 0.136 e. The van der Waals surface area contributed by atoms with Crippen molar-refractivity contribution < 1.29 is 14.3 Å². The molecule has 2 rings (SSSR count). The van der Waals surface area contributed by atoms with Crippen LogP contribution < -0.4 is 9.47 Å². The van der Waals surface area contributed by atoms with Gasteiger partial charge in [0.1, 0.15) is 23.4 Å². The molecule has 0 N–H and O–H groups in total. The molecule has 92 valence electrons. The predicted molar refractivity (Wildman–Crippen MR) is 71.7 cm³/mol. The number of hydrogen-bond acceptors (Lipinski definition) is 3. The van der Waals surface area contributed by atoms with E-state index in [4.69, 9.17) is 9.47 Å². The van der Waals surface area contributed by atoms with Crippen LogP contribution in [0.2, 0.25) is 0 Å². The van der Waals surface area contributed by atoms with Gasteiger partial charge in [-0.15, -0.1) is 0 Å². The third kappa shape index (κ3) is 3.01. The molecule has 1 atom stereocenters. The number of Topliss-reactive ketones (excluding diaryl/α,β-unsaturated/α-hetero) is 1. The first kappa shape index (κ1) is 12.9. The molecule has 1 fully saturated rings. The van der Waals surface area contributed by atoms with E-state index in [-0.39, 0.29) is 11.9 Å². The Hall–Kier alpha value is -0.550. The number of ether oxygens (including phenoxy) is 2. The molecule has 0 aliphatic heterocycles. The first-order valence-corrected chi connectivity index (χ1v) is 6.90. The second kappa shape index (κ2) is 5.40. The average molecular weight is 364 g/mol. The van der Waals surface area contributed by atoms with Crippen LogP contribution in [0.1, 0.15) is 19.3 Å². The summed E-state index contributed by atoms with van der Waals surface area (Å²) in [4.78, 5) is 11.2. The summed E-state index contributed by atoms with van der Waals surface area (Å²) in [6, 6.07) is 3.70. The number of halogens is 2. The summed E-state index contributed by atoms with van der Waals surface area (Å²) >= 11 is 6.84. The summed E-state index contributed by atoms with van der Waals surface area (Å²) in [5, 5.41) is 0. The van der Waals surface area contributed by atoms with Gasteiger partial charge in [0, 0.05) is 12.8 Å². The van der Waals surface area contributed by atoms with Gasteiger partial charge in [0.2, 0.25) is 0 Å². The molecule has 1 aliphatic carbocycles. The van der Waals surface area contributed by atoms with Crippen molar-refractivity contribution in [2.24, 2.45) is 0 Å². The van der Waals surface area contributed by atoms with Crippen LogP contribution in [-0.2, 0) is 4.79 Å². The van der Waals surface area contributed by atoms with Crippen molar-refractivity contribution in [1.29, 1.82) is 0 Å². The van der Waals surface area contributed by atoms with E-state index in [1.54, 1.807) is 7.11 Å². The van der Waals surface area contributed by atoms with Crippen molar-refractivity contribution in [1.82, 2.24) is 0 Å². The molecule has 0 spiro atoms. The van der Waals surface area contributed by atoms with Gasteiger partial charge in [-0.25, -0.2) is 0 Å². The number of rotatable bonds is 3. The van der Waals surface area contributed by atoms with Crippen LogP contribution in [0, 0.1) is 0 Å². The molecule has 0 radical (unpaired) electrons. The molecule has 1 unspecified atom stereocenters. The maximum Gasteiger partial charge on any atom is 0.136 e. The van der Waals surface area contributed by atoms with Crippen molar-refractivity contribution in [3.63, 3.8) is 0 Å². The molecule has 1 aliphatic rings. The zero-order chi connectivity index (χ0) is 12.4. The van der Waals surface area contributed by atoms with E-state index >= 15 is 0 Å². The van der Waals surface area contributed by atoms with E-state index in [0.29, 0.717) is 12.8 Å². The van der Waals surface area contributed by atoms with Crippen molar-refractivity contribution in [2.45, 2.75) is 25.4 Å². The molecule has 5 heteroatoms. The number of carbonyl (C=O) groups excluding carboxylic acids is 1. The number of ketones is 1. The molecule has 0 aromatic heterocycles. The van der Waals surface area contributed by atoms with Gasteiger partial charge in [-0.1, -0.05) is 0 Å². The second-order valence-electron chi connectivity index (χ2n) is 3.94. The highest BCUT2D eigenvalue weighted by molar-refractivity contribution is 9.11. The topological polar surface area (TPSA) is 35.5 Å². The summed E-state index contributed by atoms with van der Waals surface area (Å²) in [7, 11) is 1.61. The van der Waals surface area contributed by atoms with Crippen molar-refractivity contribution in [3.8, 4) is 11.5 Å². The molecule has 0 amide bonds. The van der Waals surface area contributed by atoms with Gasteiger partial charge in [-0.2, -0.15) is 0 Å². The monoisotopic (exact) mass is 362 g/mol. The number of methoxy groups -OCH3 is 1. The molecular weight excluding hydrogens is 352 g/mol. The Morgan fingerprint density at radius 3 is 2.47 bits per heavy atom. The Bertz CT molecular complexity index is 446.